The number of ether oxygens (including phenoxy) is 3. The van der Waals surface area contributed by atoms with Crippen molar-refractivity contribution in [1.29, 1.82) is 0 Å². The predicted molar refractivity (Wildman–Crippen MR) is 130 cm³/mol. The average molecular weight is 478 g/mol. The molecule has 3 aromatic rings. The largest absolute Gasteiger partial charge is 0.489 e. The molecule has 2 aliphatic heterocycles. The summed E-state index contributed by atoms with van der Waals surface area (Å²) in [6.45, 7) is 2.29. The maximum absolute atomic E-state index is 13.0. The van der Waals surface area contributed by atoms with Gasteiger partial charge in [-0.3, -0.25) is 9.59 Å². The third-order valence-electron chi connectivity index (χ3n) is 5.35. The second-order valence-electron chi connectivity index (χ2n) is 7.82. The number of para-hydroxylation sites is 2. The van der Waals surface area contributed by atoms with Crippen LogP contribution in [-0.2, 0) is 9.47 Å². The second-order valence-corrected chi connectivity index (χ2v) is 7.82. The summed E-state index contributed by atoms with van der Waals surface area (Å²) in [5.74, 6) is -0.147. The van der Waals surface area contributed by atoms with Crippen molar-refractivity contribution in [3.8, 4) is 17.0 Å². The number of carbonyl (C=O) groups excluding carboxylic acids is 2. The lowest BCUT2D eigenvalue weighted by Gasteiger charge is -2.17. The SMILES string of the molecule is CN1CCOCCOCCOc2ccccc2NC(=O)c2nc(cnc2N)-c2ccc(cc2)C1=O. The van der Waals surface area contributed by atoms with Gasteiger partial charge >= 0.3 is 0 Å². The molecule has 10 nitrogen and oxygen atoms in total. The molecule has 0 radical (unpaired) electrons. The summed E-state index contributed by atoms with van der Waals surface area (Å²) in [4.78, 5) is 35.9. The molecule has 5 rings (SSSR count). The molecule has 3 heterocycles. The number of hydrogen-bond acceptors (Lipinski definition) is 8. The van der Waals surface area contributed by atoms with Gasteiger partial charge in [0.15, 0.2) is 11.5 Å². The quantitative estimate of drug-likeness (QED) is 0.473. The van der Waals surface area contributed by atoms with E-state index in [0.717, 1.165) is 0 Å². The molecule has 0 spiro atoms. The molecule has 0 unspecified atom stereocenters. The van der Waals surface area contributed by atoms with E-state index in [-0.39, 0.29) is 24.0 Å². The van der Waals surface area contributed by atoms with Crippen molar-refractivity contribution in [2.75, 3.05) is 57.7 Å². The van der Waals surface area contributed by atoms with Crippen molar-refractivity contribution in [2.24, 2.45) is 0 Å². The van der Waals surface area contributed by atoms with Crippen LogP contribution in [0.15, 0.2) is 54.7 Å². The van der Waals surface area contributed by atoms with E-state index >= 15 is 0 Å². The van der Waals surface area contributed by atoms with E-state index in [1.54, 1.807) is 54.4 Å². The number of carbonyl (C=O) groups is 2. The molecule has 35 heavy (non-hydrogen) atoms. The van der Waals surface area contributed by atoms with Crippen LogP contribution in [0.2, 0.25) is 0 Å². The number of nitrogens with zero attached hydrogens (tertiary/aromatic N) is 3. The molecule has 10 heteroatoms. The van der Waals surface area contributed by atoms with Crippen LogP contribution >= 0.6 is 0 Å². The highest BCUT2D eigenvalue weighted by molar-refractivity contribution is 6.06. The van der Waals surface area contributed by atoms with Crippen LogP contribution in [-0.4, -0.2) is 73.3 Å². The first-order valence-corrected chi connectivity index (χ1v) is 11.2. The Labute approximate surface area is 203 Å². The van der Waals surface area contributed by atoms with E-state index in [2.05, 4.69) is 15.3 Å². The Kier molecular flexibility index (Phi) is 7.86. The fraction of sp³-hybridized carbons (Fsp3) is 0.280. The molecular weight excluding hydrogens is 450 g/mol. The molecule has 0 fully saturated rings. The molecule has 0 aliphatic carbocycles. The molecule has 3 N–H and O–H groups in total. The van der Waals surface area contributed by atoms with Gasteiger partial charge in [0, 0.05) is 24.7 Å². The van der Waals surface area contributed by atoms with Crippen LogP contribution in [0.4, 0.5) is 11.5 Å². The standard InChI is InChI=1S/C25H27N5O5/c1-30-10-11-33-12-13-34-14-15-35-21-5-3-2-4-19(21)29-24(31)22-23(26)27-16-20(28-22)17-6-8-18(9-7-17)25(30)32/h2-9,16H,10-15H2,1H3,(H2,26,27)(H,29,31). The van der Waals surface area contributed by atoms with Gasteiger partial charge in [0.1, 0.15) is 12.4 Å². The number of rotatable bonds is 0. The zero-order valence-corrected chi connectivity index (χ0v) is 19.4. The highest BCUT2D eigenvalue weighted by atomic mass is 16.5. The molecule has 0 saturated heterocycles. The number of likely N-dealkylation sites (N-methyl/N-ethyl adjacent to an activating group) is 1. The highest BCUT2D eigenvalue weighted by Crippen LogP contribution is 2.25. The van der Waals surface area contributed by atoms with E-state index in [4.69, 9.17) is 19.9 Å². The summed E-state index contributed by atoms with van der Waals surface area (Å²) < 4.78 is 16.9. The number of nitrogens with one attached hydrogen (secondary N) is 1. The van der Waals surface area contributed by atoms with Crippen LogP contribution < -0.4 is 15.8 Å². The number of fused-ring (bicyclic) bond motifs is 13. The minimum absolute atomic E-state index is 0.00291. The van der Waals surface area contributed by atoms with E-state index < -0.39 is 5.91 Å². The maximum Gasteiger partial charge on any atom is 0.278 e. The lowest BCUT2D eigenvalue weighted by molar-refractivity contribution is 0.0301. The molecule has 1 aromatic heterocycles. The van der Waals surface area contributed by atoms with Crippen LogP contribution in [0.1, 0.15) is 20.8 Å². The fourth-order valence-electron chi connectivity index (χ4n) is 3.42. The van der Waals surface area contributed by atoms with E-state index in [9.17, 15) is 9.59 Å². The zero-order chi connectivity index (χ0) is 24.6. The van der Waals surface area contributed by atoms with Gasteiger partial charge in [-0.2, -0.15) is 0 Å². The molecule has 0 saturated carbocycles. The minimum atomic E-state index is -0.517. The van der Waals surface area contributed by atoms with Gasteiger partial charge in [0.25, 0.3) is 11.8 Å². The lowest BCUT2D eigenvalue weighted by Crippen LogP contribution is -2.30. The van der Waals surface area contributed by atoms with Gasteiger partial charge in [-0.25, -0.2) is 9.97 Å². The van der Waals surface area contributed by atoms with Gasteiger partial charge in [-0.1, -0.05) is 24.3 Å². The Morgan fingerprint density at radius 1 is 0.914 bits per heavy atom. The second kappa shape index (κ2) is 11.4. The molecule has 182 valence electrons. The lowest BCUT2D eigenvalue weighted by atomic mass is 10.1. The van der Waals surface area contributed by atoms with Gasteiger partial charge in [-0.15, -0.1) is 0 Å². The van der Waals surface area contributed by atoms with Crippen molar-refractivity contribution >= 4 is 23.3 Å². The number of hydrogen-bond donors (Lipinski definition) is 2. The van der Waals surface area contributed by atoms with Gasteiger partial charge in [0.05, 0.1) is 44.0 Å². The smallest absolute Gasteiger partial charge is 0.278 e. The number of amides is 2. The minimum Gasteiger partial charge on any atom is -0.489 e. The van der Waals surface area contributed by atoms with Crippen LogP contribution in [0, 0.1) is 0 Å². The summed E-state index contributed by atoms with van der Waals surface area (Å²) >= 11 is 0. The number of nitrogens with two attached hydrogens (primary N) is 1. The van der Waals surface area contributed by atoms with Gasteiger partial charge in [-0.05, 0) is 24.3 Å². The Morgan fingerprint density at radius 3 is 2.40 bits per heavy atom. The van der Waals surface area contributed by atoms with Crippen molar-refractivity contribution in [2.45, 2.75) is 0 Å². The summed E-state index contributed by atoms with van der Waals surface area (Å²) in [6, 6.07) is 14.0. The average Bonchev–Trinajstić information content (AvgIpc) is 2.88. The third-order valence-corrected chi connectivity index (χ3v) is 5.35. The number of aromatic nitrogens is 2. The normalized spacial score (nSPS) is 15.9. The van der Waals surface area contributed by atoms with Crippen molar-refractivity contribution < 1.29 is 23.8 Å². The third kappa shape index (κ3) is 6.11. The molecule has 2 aliphatic rings. The Hall–Kier alpha value is -4.02. The first-order valence-electron chi connectivity index (χ1n) is 11.2. The first kappa shape index (κ1) is 24.1. The Bertz CT molecular complexity index is 1190. The zero-order valence-electron chi connectivity index (χ0n) is 19.4. The highest BCUT2D eigenvalue weighted by Gasteiger charge is 2.18. The van der Waals surface area contributed by atoms with Gasteiger partial charge < -0.3 is 30.2 Å². The summed E-state index contributed by atoms with van der Waals surface area (Å²) in [5, 5.41) is 2.79. The van der Waals surface area contributed by atoms with Crippen LogP contribution in [0.5, 0.6) is 5.75 Å². The Balaban J connectivity index is 1.62. The monoisotopic (exact) mass is 477 g/mol. The molecule has 0 atom stereocenters. The summed E-state index contributed by atoms with van der Waals surface area (Å²) in [6.07, 6.45) is 1.49. The van der Waals surface area contributed by atoms with E-state index in [1.165, 1.54) is 6.20 Å². The molecular formula is C25H27N5O5. The number of benzene rings is 2. The summed E-state index contributed by atoms with van der Waals surface area (Å²) in [7, 11) is 1.72. The van der Waals surface area contributed by atoms with Crippen LogP contribution in [0.3, 0.4) is 0 Å². The first-order chi connectivity index (χ1) is 17.0. The van der Waals surface area contributed by atoms with Crippen LogP contribution in [0.25, 0.3) is 11.3 Å². The van der Waals surface area contributed by atoms with E-state index in [1.807, 2.05) is 6.07 Å². The fourth-order valence-corrected chi connectivity index (χ4v) is 3.42. The van der Waals surface area contributed by atoms with E-state index in [0.29, 0.717) is 61.2 Å². The Morgan fingerprint density at radius 2 is 1.60 bits per heavy atom. The molecule has 2 aromatic carbocycles. The topological polar surface area (TPSA) is 129 Å². The number of anilines is 2. The van der Waals surface area contributed by atoms with Crippen molar-refractivity contribution in [3.05, 3.63) is 66.0 Å². The van der Waals surface area contributed by atoms with Crippen molar-refractivity contribution in [1.82, 2.24) is 14.9 Å². The van der Waals surface area contributed by atoms with Crippen molar-refractivity contribution in [3.63, 3.8) is 0 Å². The predicted octanol–water partition coefficient (Wildman–Crippen LogP) is 2.48. The number of nitrogen functional groups attached to an aromatic ring is 1. The maximum atomic E-state index is 13.0. The molecule has 2 amide bonds. The summed E-state index contributed by atoms with van der Waals surface area (Å²) in [5.41, 5.74) is 8.10. The van der Waals surface area contributed by atoms with Gasteiger partial charge in [0.2, 0.25) is 0 Å². The molecule has 4 bridgehead atoms.